The van der Waals surface area contributed by atoms with Crippen molar-refractivity contribution in [3.63, 3.8) is 0 Å². The molecule has 0 spiro atoms. The highest BCUT2D eigenvalue weighted by Gasteiger charge is 2.58. The summed E-state index contributed by atoms with van der Waals surface area (Å²) in [4.78, 5) is 13.0. The molecule has 0 aromatic rings. The first-order chi connectivity index (χ1) is 9.36. The molecule has 0 aromatic heterocycles. The Hall–Kier alpha value is 0.200. The fraction of sp³-hybridized carbons (Fsp3) is 0.941. The smallest absolute Gasteiger partial charge is 0.226 e. The third-order valence-corrected chi connectivity index (χ3v) is 7.07. The zero-order valence-corrected chi connectivity index (χ0v) is 15.2. The predicted octanol–water partition coefficient (Wildman–Crippen LogP) is 4.17. The van der Waals surface area contributed by atoms with Crippen molar-refractivity contribution in [1.29, 1.82) is 0 Å². The lowest BCUT2D eigenvalue weighted by molar-refractivity contribution is -0.156. The molecule has 114 valence electrons. The number of hydrogen-bond donors (Lipinski definition) is 1. The van der Waals surface area contributed by atoms with E-state index in [1.807, 2.05) is 0 Å². The molecule has 4 aliphatic carbocycles. The van der Waals surface area contributed by atoms with Crippen LogP contribution in [0.1, 0.15) is 59.3 Å². The minimum atomic E-state index is -0.0161. The molecular weight excluding hydrogens is 361 g/mol. The van der Waals surface area contributed by atoms with E-state index >= 15 is 0 Å². The molecule has 4 fully saturated rings. The summed E-state index contributed by atoms with van der Waals surface area (Å²) in [5.41, 5.74) is 0.441. The van der Waals surface area contributed by atoms with E-state index in [2.05, 4.69) is 48.7 Å². The Morgan fingerprint density at radius 2 is 1.85 bits per heavy atom. The fourth-order valence-electron chi connectivity index (χ4n) is 5.69. The molecule has 4 saturated carbocycles. The zero-order valence-electron chi connectivity index (χ0n) is 13.0. The van der Waals surface area contributed by atoms with Crippen LogP contribution in [0.2, 0.25) is 0 Å². The summed E-state index contributed by atoms with van der Waals surface area (Å²) in [6, 6.07) is 0.337. The van der Waals surface area contributed by atoms with E-state index < -0.39 is 0 Å². The number of hydrogen-bond acceptors (Lipinski definition) is 1. The summed E-state index contributed by atoms with van der Waals surface area (Å²) in [6.07, 6.45) is 7.61. The average Bonchev–Trinajstić information content (AvgIpc) is 2.31. The molecule has 1 N–H and O–H groups in total. The van der Waals surface area contributed by atoms with Crippen LogP contribution in [0.5, 0.6) is 0 Å². The van der Waals surface area contributed by atoms with Crippen LogP contribution in [0, 0.1) is 28.6 Å². The molecule has 4 aliphatic rings. The lowest BCUT2D eigenvalue weighted by atomic mass is 9.44. The van der Waals surface area contributed by atoms with Gasteiger partial charge in [-0.1, -0.05) is 43.4 Å². The lowest BCUT2D eigenvalue weighted by Gasteiger charge is -2.60. The minimum absolute atomic E-state index is 0.0161. The standard InChI is InChI=1S/C17H28INO/c1-11(2)14(9-18)19-15(20)17-7-12-4-13(8-17)6-16(3,5-12)10-17/h11-14H,4-10H2,1-3H3,(H,19,20). The van der Waals surface area contributed by atoms with Crippen LogP contribution >= 0.6 is 22.6 Å². The van der Waals surface area contributed by atoms with Crippen molar-refractivity contribution in [3.05, 3.63) is 0 Å². The van der Waals surface area contributed by atoms with Crippen molar-refractivity contribution in [3.8, 4) is 0 Å². The SMILES string of the molecule is CC(C)C(CI)NC(=O)C12CC3CC(CC(C)(C3)C1)C2. The molecule has 20 heavy (non-hydrogen) atoms. The van der Waals surface area contributed by atoms with Crippen molar-refractivity contribution in [1.82, 2.24) is 5.32 Å². The Morgan fingerprint density at radius 1 is 1.25 bits per heavy atom. The Morgan fingerprint density at radius 3 is 2.30 bits per heavy atom. The van der Waals surface area contributed by atoms with Crippen molar-refractivity contribution in [2.24, 2.45) is 28.6 Å². The molecule has 3 atom stereocenters. The normalized spacial score (nSPS) is 43.9. The molecule has 0 heterocycles. The number of rotatable bonds is 4. The van der Waals surface area contributed by atoms with Crippen LogP contribution in [0.25, 0.3) is 0 Å². The zero-order chi connectivity index (χ0) is 14.5. The monoisotopic (exact) mass is 389 g/mol. The number of carbonyl (C=O) groups is 1. The van der Waals surface area contributed by atoms with Gasteiger partial charge in [-0.05, 0) is 61.7 Å². The number of alkyl halides is 1. The van der Waals surface area contributed by atoms with E-state index in [0.717, 1.165) is 35.5 Å². The maximum atomic E-state index is 13.0. The third kappa shape index (κ3) is 2.52. The fourth-order valence-corrected chi connectivity index (χ4v) is 6.93. The summed E-state index contributed by atoms with van der Waals surface area (Å²) in [6.45, 7) is 6.86. The van der Waals surface area contributed by atoms with Gasteiger partial charge in [-0.25, -0.2) is 0 Å². The van der Waals surface area contributed by atoms with Crippen LogP contribution in [-0.2, 0) is 4.79 Å². The summed E-state index contributed by atoms with van der Waals surface area (Å²) < 4.78 is 1.02. The summed E-state index contributed by atoms with van der Waals surface area (Å²) in [5.74, 6) is 2.56. The van der Waals surface area contributed by atoms with Gasteiger partial charge in [-0.2, -0.15) is 0 Å². The maximum absolute atomic E-state index is 13.0. The second kappa shape index (κ2) is 5.13. The Balaban J connectivity index is 1.77. The number of halogens is 1. The minimum Gasteiger partial charge on any atom is -0.352 e. The van der Waals surface area contributed by atoms with E-state index in [1.165, 1.54) is 19.3 Å². The second-order valence-corrected chi connectivity index (χ2v) is 9.41. The number of nitrogens with one attached hydrogen (secondary N) is 1. The average molecular weight is 389 g/mol. The van der Waals surface area contributed by atoms with E-state index in [0.29, 0.717) is 23.3 Å². The van der Waals surface area contributed by atoms with Gasteiger partial charge in [0, 0.05) is 10.5 Å². The van der Waals surface area contributed by atoms with Crippen LogP contribution in [0.3, 0.4) is 0 Å². The van der Waals surface area contributed by atoms with Gasteiger partial charge >= 0.3 is 0 Å². The molecule has 0 aliphatic heterocycles. The Kier molecular flexibility index (Phi) is 3.88. The Labute approximate surface area is 137 Å². The summed E-state index contributed by atoms with van der Waals surface area (Å²) in [7, 11) is 0. The van der Waals surface area contributed by atoms with E-state index in [1.54, 1.807) is 0 Å². The van der Waals surface area contributed by atoms with E-state index in [9.17, 15) is 4.79 Å². The van der Waals surface area contributed by atoms with Gasteiger partial charge < -0.3 is 5.32 Å². The van der Waals surface area contributed by atoms with Crippen LogP contribution in [0.4, 0.5) is 0 Å². The predicted molar refractivity (Wildman–Crippen MR) is 90.9 cm³/mol. The Bertz CT molecular complexity index is 392. The quantitative estimate of drug-likeness (QED) is 0.568. The number of amides is 1. The van der Waals surface area contributed by atoms with E-state index in [-0.39, 0.29) is 5.41 Å². The second-order valence-electron chi connectivity index (χ2n) is 8.53. The molecule has 0 aromatic carbocycles. The van der Waals surface area contributed by atoms with E-state index in [4.69, 9.17) is 0 Å². The van der Waals surface area contributed by atoms with Gasteiger partial charge in [0.15, 0.2) is 0 Å². The largest absolute Gasteiger partial charge is 0.352 e. The van der Waals surface area contributed by atoms with Crippen molar-refractivity contribution < 1.29 is 4.79 Å². The van der Waals surface area contributed by atoms with Crippen molar-refractivity contribution >= 4 is 28.5 Å². The summed E-state index contributed by atoms with van der Waals surface area (Å²) in [5, 5.41) is 3.39. The topological polar surface area (TPSA) is 29.1 Å². The third-order valence-electron chi connectivity index (χ3n) is 6.12. The highest BCUT2D eigenvalue weighted by atomic mass is 127. The molecule has 4 rings (SSSR count). The molecule has 0 radical (unpaired) electrons. The van der Waals surface area contributed by atoms with Gasteiger partial charge in [-0.3, -0.25) is 4.79 Å². The molecule has 0 saturated heterocycles. The van der Waals surface area contributed by atoms with Gasteiger partial charge in [0.25, 0.3) is 0 Å². The van der Waals surface area contributed by atoms with Crippen molar-refractivity contribution in [2.45, 2.75) is 65.3 Å². The van der Waals surface area contributed by atoms with Gasteiger partial charge in [0.05, 0.1) is 5.41 Å². The van der Waals surface area contributed by atoms with Crippen molar-refractivity contribution in [2.75, 3.05) is 4.43 Å². The molecule has 3 heteroatoms. The van der Waals surface area contributed by atoms with Gasteiger partial charge in [-0.15, -0.1) is 0 Å². The first kappa shape index (κ1) is 15.1. The highest BCUT2D eigenvalue weighted by molar-refractivity contribution is 14.1. The molecule has 1 amide bonds. The highest BCUT2D eigenvalue weighted by Crippen LogP contribution is 2.65. The molecular formula is C17H28INO. The van der Waals surface area contributed by atoms with Crippen LogP contribution in [0.15, 0.2) is 0 Å². The summed E-state index contributed by atoms with van der Waals surface area (Å²) >= 11 is 2.40. The number of carbonyl (C=O) groups excluding carboxylic acids is 1. The first-order valence-electron chi connectivity index (χ1n) is 8.23. The van der Waals surface area contributed by atoms with Crippen LogP contribution in [-0.4, -0.2) is 16.4 Å². The molecule has 2 nitrogen and oxygen atoms in total. The van der Waals surface area contributed by atoms with Gasteiger partial charge in [0.1, 0.15) is 0 Å². The van der Waals surface area contributed by atoms with Gasteiger partial charge in [0.2, 0.25) is 5.91 Å². The maximum Gasteiger partial charge on any atom is 0.226 e. The van der Waals surface area contributed by atoms with Crippen LogP contribution < -0.4 is 5.32 Å². The molecule has 4 bridgehead atoms. The lowest BCUT2D eigenvalue weighted by Crippen LogP contribution is -2.58. The molecule has 3 unspecified atom stereocenters. The first-order valence-corrected chi connectivity index (χ1v) is 9.75.